The van der Waals surface area contributed by atoms with Gasteiger partial charge in [-0.05, 0) is 31.2 Å². The Bertz CT molecular complexity index is 396. The number of hydrogen-bond acceptors (Lipinski definition) is 4. The van der Waals surface area contributed by atoms with Crippen molar-refractivity contribution in [3.63, 3.8) is 0 Å². The molecular weight excluding hydrogens is 262 g/mol. The Labute approximate surface area is 109 Å². The van der Waals surface area contributed by atoms with Gasteiger partial charge in [0.05, 0.1) is 5.02 Å². The SMILES string of the molecule is CSc1cc(C(=O)CCN)cc(Cl)c1SC. The Morgan fingerprint density at radius 2 is 2.06 bits per heavy atom. The fourth-order valence-corrected chi connectivity index (χ4v) is 3.42. The molecule has 2 nitrogen and oxygen atoms in total. The first-order chi connectivity index (χ1) is 7.63. The van der Waals surface area contributed by atoms with Gasteiger partial charge < -0.3 is 5.73 Å². The summed E-state index contributed by atoms with van der Waals surface area (Å²) in [5, 5.41) is 0.639. The second-order valence-corrected chi connectivity index (χ2v) is 5.23. The molecule has 0 atom stereocenters. The summed E-state index contributed by atoms with van der Waals surface area (Å²) in [6.45, 7) is 0.370. The van der Waals surface area contributed by atoms with Crippen molar-refractivity contribution in [2.75, 3.05) is 19.1 Å². The zero-order chi connectivity index (χ0) is 12.1. The van der Waals surface area contributed by atoms with Gasteiger partial charge in [-0.2, -0.15) is 0 Å². The predicted octanol–water partition coefficient (Wildman–Crippen LogP) is 3.32. The van der Waals surface area contributed by atoms with Crippen LogP contribution in [0.4, 0.5) is 0 Å². The number of carbonyl (C=O) groups excluding carboxylic acids is 1. The van der Waals surface area contributed by atoms with Crippen LogP contribution in [0.3, 0.4) is 0 Å². The van der Waals surface area contributed by atoms with Crippen molar-refractivity contribution >= 4 is 40.9 Å². The van der Waals surface area contributed by atoms with Crippen LogP contribution >= 0.6 is 35.1 Å². The second kappa shape index (κ2) is 6.55. The summed E-state index contributed by atoms with van der Waals surface area (Å²) in [6.07, 6.45) is 4.31. The molecular formula is C11H14ClNOS2. The lowest BCUT2D eigenvalue weighted by Gasteiger charge is -2.09. The van der Waals surface area contributed by atoms with Gasteiger partial charge in [0.25, 0.3) is 0 Å². The van der Waals surface area contributed by atoms with E-state index in [0.717, 1.165) is 9.79 Å². The van der Waals surface area contributed by atoms with Gasteiger partial charge in [0.2, 0.25) is 0 Å². The minimum Gasteiger partial charge on any atom is -0.330 e. The number of rotatable bonds is 5. The summed E-state index contributed by atoms with van der Waals surface area (Å²) in [4.78, 5) is 13.8. The van der Waals surface area contributed by atoms with Crippen LogP contribution in [0, 0.1) is 0 Å². The minimum absolute atomic E-state index is 0.0485. The highest BCUT2D eigenvalue weighted by Gasteiger charge is 2.12. The quantitative estimate of drug-likeness (QED) is 0.661. The van der Waals surface area contributed by atoms with E-state index in [2.05, 4.69) is 0 Å². The van der Waals surface area contributed by atoms with E-state index in [9.17, 15) is 4.79 Å². The molecule has 16 heavy (non-hydrogen) atoms. The zero-order valence-electron chi connectivity index (χ0n) is 9.25. The van der Waals surface area contributed by atoms with E-state index in [1.807, 2.05) is 18.6 Å². The molecule has 0 aliphatic carbocycles. The van der Waals surface area contributed by atoms with Crippen molar-refractivity contribution < 1.29 is 4.79 Å². The van der Waals surface area contributed by atoms with Crippen LogP contribution in [-0.2, 0) is 0 Å². The fourth-order valence-electron chi connectivity index (χ4n) is 1.35. The van der Waals surface area contributed by atoms with Gasteiger partial charge in [-0.15, -0.1) is 23.5 Å². The molecule has 0 bridgehead atoms. The van der Waals surface area contributed by atoms with Gasteiger partial charge in [0, 0.05) is 21.8 Å². The van der Waals surface area contributed by atoms with Crippen molar-refractivity contribution in [3.05, 3.63) is 22.7 Å². The smallest absolute Gasteiger partial charge is 0.164 e. The third-order valence-corrected chi connectivity index (χ3v) is 4.28. The topological polar surface area (TPSA) is 43.1 Å². The maximum Gasteiger partial charge on any atom is 0.164 e. The molecule has 0 aromatic heterocycles. The molecule has 0 aliphatic rings. The van der Waals surface area contributed by atoms with E-state index in [1.54, 1.807) is 29.6 Å². The van der Waals surface area contributed by atoms with Crippen molar-refractivity contribution in [1.82, 2.24) is 0 Å². The number of halogens is 1. The molecule has 0 amide bonds. The molecule has 0 aliphatic heterocycles. The molecule has 88 valence electrons. The fraction of sp³-hybridized carbons (Fsp3) is 0.364. The van der Waals surface area contributed by atoms with Crippen LogP contribution in [0.15, 0.2) is 21.9 Å². The molecule has 0 heterocycles. The lowest BCUT2D eigenvalue weighted by Crippen LogP contribution is -2.08. The van der Waals surface area contributed by atoms with E-state index < -0.39 is 0 Å². The van der Waals surface area contributed by atoms with Gasteiger partial charge in [0.1, 0.15) is 0 Å². The predicted molar refractivity (Wildman–Crippen MR) is 73.0 cm³/mol. The number of nitrogens with two attached hydrogens (primary N) is 1. The molecule has 1 aromatic carbocycles. The molecule has 5 heteroatoms. The lowest BCUT2D eigenvalue weighted by molar-refractivity contribution is 0.0985. The molecule has 1 aromatic rings. The standard InChI is InChI=1S/C11H14ClNOS2/c1-15-10-6-7(9(14)3-4-13)5-8(12)11(10)16-2/h5-6H,3-4,13H2,1-2H3. The average molecular weight is 276 g/mol. The van der Waals surface area contributed by atoms with Gasteiger partial charge in [-0.1, -0.05) is 11.6 Å². The van der Waals surface area contributed by atoms with Crippen LogP contribution in [0.25, 0.3) is 0 Å². The number of benzene rings is 1. The number of thioether (sulfide) groups is 2. The summed E-state index contributed by atoms with van der Waals surface area (Å²) in [5.41, 5.74) is 6.02. The minimum atomic E-state index is 0.0485. The zero-order valence-corrected chi connectivity index (χ0v) is 11.6. The Hall–Kier alpha value is -0.160. The van der Waals surface area contributed by atoms with E-state index in [0.29, 0.717) is 23.6 Å². The van der Waals surface area contributed by atoms with Crippen molar-refractivity contribution in [3.8, 4) is 0 Å². The molecule has 1 rings (SSSR count). The van der Waals surface area contributed by atoms with Crippen molar-refractivity contribution in [2.45, 2.75) is 16.2 Å². The van der Waals surface area contributed by atoms with Gasteiger partial charge in [-0.25, -0.2) is 0 Å². The lowest BCUT2D eigenvalue weighted by atomic mass is 10.1. The van der Waals surface area contributed by atoms with Crippen LogP contribution in [0.5, 0.6) is 0 Å². The van der Waals surface area contributed by atoms with Gasteiger partial charge in [0.15, 0.2) is 5.78 Å². The molecule has 0 fully saturated rings. The van der Waals surface area contributed by atoms with E-state index in [4.69, 9.17) is 17.3 Å². The number of carbonyl (C=O) groups is 1. The van der Waals surface area contributed by atoms with Crippen LogP contribution in [-0.4, -0.2) is 24.8 Å². The number of Topliss-reactive ketones (excluding diaryl/α,β-unsaturated/α-hetero) is 1. The molecule has 0 spiro atoms. The first-order valence-corrected chi connectivity index (χ1v) is 7.61. The highest BCUT2D eigenvalue weighted by Crippen LogP contribution is 2.35. The maximum absolute atomic E-state index is 11.7. The van der Waals surface area contributed by atoms with E-state index >= 15 is 0 Å². The van der Waals surface area contributed by atoms with E-state index in [-0.39, 0.29) is 5.78 Å². The summed E-state index contributed by atoms with van der Waals surface area (Å²) < 4.78 is 0. The average Bonchev–Trinajstić information content (AvgIpc) is 2.28. The maximum atomic E-state index is 11.7. The Morgan fingerprint density at radius 3 is 2.56 bits per heavy atom. The number of hydrogen-bond donors (Lipinski definition) is 1. The molecule has 0 radical (unpaired) electrons. The summed E-state index contributed by atoms with van der Waals surface area (Å²) in [6, 6.07) is 3.62. The molecule has 0 saturated heterocycles. The third-order valence-electron chi connectivity index (χ3n) is 2.13. The Morgan fingerprint density at radius 1 is 1.38 bits per heavy atom. The van der Waals surface area contributed by atoms with Crippen LogP contribution in [0.1, 0.15) is 16.8 Å². The molecule has 0 unspecified atom stereocenters. The Kier molecular flexibility index (Phi) is 5.69. The van der Waals surface area contributed by atoms with Crippen LogP contribution in [0.2, 0.25) is 5.02 Å². The summed E-state index contributed by atoms with van der Waals surface area (Å²) >= 11 is 9.33. The van der Waals surface area contributed by atoms with Crippen molar-refractivity contribution in [1.29, 1.82) is 0 Å². The Balaban J connectivity index is 3.15. The van der Waals surface area contributed by atoms with E-state index in [1.165, 1.54) is 0 Å². The monoisotopic (exact) mass is 275 g/mol. The summed E-state index contributed by atoms with van der Waals surface area (Å²) in [7, 11) is 0. The van der Waals surface area contributed by atoms with Crippen LogP contribution < -0.4 is 5.73 Å². The third kappa shape index (κ3) is 3.17. The molecule has 2 N–H and O–H groups in total. The normalized spacial score (nSPS) is 10.5. The summed E-state index contributed by atoms with van der Waals surface area (Å²) in [5.74, 6) is 0.0485. The van der Waals surface area contributed by atoms with Gasteiger partial charge in [-0.3, -0.25) is 4.79 Å². The van der Waals surface area contributed by atoms with Gasteiger partial charge >= 0.3 is 0 Å². The number of ketones is 1. The first kappa shape index (κ1) is 13.9. The van der Waals surface area contributed by atoms with Crippen molar-refractivity contribution in [2.24, 2.45) is 5.73 Å². The second-order valence-electron chi connectivity index (χ2n) is 3.16. The largest absolute Gasteiger partial charge is 0.330 e. The highest BCUT2D eigenvalue weighted by atomic mass is 35.5. The first-order valence-electron chi connectivity index (χ1n) is 4.78. The molecule has 0 saturated carbocycles. The highest BCUT2D eigenvalue weighted by molar-refractivity contribution is 8.01.